The third-order valence-electron chi connectivity index (χ3n) is 5.19. The number of halogens is 1. The summed E-state index contributed by atoms with van der Waals surface area (Å²) in [4.78, 5) is 21.3. The van der Waals surface area contributed by atoms with Crippen LogP contribution in [0.25, 0.3) is 10.9 Å². The second kappa shape index (κ2) is 7.45. The van der Waals surface area contributed by atoms with E-state index in [4.69, 9.17) is 0 Å². The van der Waals surface area contributed by atoms with Crippen molar-refractivity contribution in [2.24, 2.45) is 0 Å². The van der Waals surface area contributed by atoms with Crippen LogP contribution in [-0.2, 0) is 6.54 Å². The fourth-order valence-corrected chi connectivity index (χ4v) is 3.55. The Kier molecular flexibility index (Phi) is 4.86. The van der Waals surface area contributed by atoms with E-state index in [1.807, 2.05) is 17.2 Å². The summed E-state index contributed by atoms with van der Waals surface area (Å²) in [5.74, 6) is -0.427. The van der Waals surface area contributed by atoms with Crippen LogP contribution in [0.2, 0.25) is 0 Å². The number of nitrogens with zero attached hydrogens (tertiary/aromatic N) is 3. The van der Waals surface area contributed by atoms with Crippen molar-refractivity contribution in [3.05, 3.63) is 77.2 Å². The maximum Gasteiger partial charge on any atom is 0.254 e. The number of hydrogen-bond donors (Lipinski definition) is 0. The normalized spacial score (nSPS) is 15.3. The number of amides is 1. The van der Waals surface area contributed by atoms with Gasteiger partial charge in [-0.05, 0) is 36.2 Å². The molecule has 0 aliphatic carbocycles. The van der Waals surface area contributed by atoms with Gasteiger partial charge in [-0.3, -0.25) is 14.7 Å². The SMILES string of the molecule is Cc1ccc(C(=O)N2CCN(Cc3cccc4cccnc34)CC2)cc1F. The summed E-state index contributed by atoms with van der Waals surface area (Å²) in [6.45, 7) is 5.39. The van der Waals surface area contributed by atoms with Gasteiger partial charge in [0.2, 0.25) is 0 Å². The molecule has 0 N–H and O–H groups in total. The molecule has 1 aliphatic heterocycles. The van der Waals surface area contributed by atoms with E-state index in [-0.39, 0.29) is 11.7 Å². The number of para-hydroxylation sites is 1. The monoisotopic (exact) mass is 363 g/mol. The van der Waals surface area contributed by atoms with E-state index in [9.17, 15) is 9.18 Å². The Labute approximate surface area is 158 Å². The first-order chi connectivity index (χ1) is 13.1. The minimum atomic E-state index is -0.331. The van der Waals surface area contributed by atoms with Crippen molar-refractivity contribution >= 4 is 16.8 Å². The van der Waals surface area contributed by atoms with Gasteiger partial charge in [0.25, 0.3) is 5.91 Å². The molecule has 0 atom stereocenters. The van der Waals surface area contributed by atoms with Crippen molar-refractivity contribution in [2.75, 3.05) is 26.2 Å². The Morgan fingerprint density at radius 1 is 1.07 bits per heavy atom. The Morgan fingerprint density at radius 3 is 2.63 bits per heavy atom. The van der Waals surface area contributed by atoms with Crippen LogP contribution in [0.1, 0.15) is 21.5 Å². The number of benzene rings is 2. The summed E-state index contributed by atoms with van der Waals surface area (Å²) < 4.78 is 13.8. The molecule has 0 bridgehead atoms. The molecule has 1 saturated heterocycles. The molecule has 5 heteroatoms. The lowest BCUT2D eigenvalue weighted by Crippen LogP contribution is -2.48. The first kappa shape index (κ1) is 17.6. The maximum atomic E-state index is 13.8. The molecule has 0 spiro atoms. The van der Waals surface area contributed by atoms with Crippen LogP contribution in [0, 0.1) is 12.7 Å². The number of carbonyl (C=O) groups excluding carboxylic acids is 1. The van der Waals surface area contributed by atoms with Crippen molar-refractivity contribution in [3.63, 3.8) is 0 Å². The summed E-state index contributed by atoms with van der Waals surface area (Å²) in [5.41, 5.74) is 3.21. The largest absolute Gasteiger partial charge is 0.336 e. The molecule has 3 aromatic rings. The lowest BCUT2D eigenvalue weighted by molar-refractivity contribution is 0.0628. The number of fused-ring (bicyclic) bond motifs is 1. The molecule has 1 amide bonds. The van der Waals surface area contributed by atoms with Gasteiger partial charge in [0.1, 0.15) is 5.82 Å². The van der Waals surface area contributed by atoms with E-state index >= 15 is 0 Å². The quantitative estimate of drug-likeness (QED) is 0.713. The molecule has 1 aromatic heterocycles. The molecule has 2 aromatic carbocycles. The first-order valence-electron chi connectivity index (χ1n) is 9.22. The van der Waals surface area contributed by atoms with Crippen LogP contribution < -0.4 is 0 Å². The van der Waals surface area contributed by atoms with Gasteiger partial charge >= 0.3 is 0 Å². The number of carbonyl (C=O) groups is 1. The van der Waals surface area contributed by atoms with E-state index in [1.165, 1.54) is 11.6 Å². The molecular formula is C22H22FN3O. The summed E-state index contributed by atoms with van der Waals surface area (Å²) >= 11 is 0. The zero-order valence-corrected chi connectivity index (χ0v) is 15.4. The maximum absolute atomic E-state index is 13.8. The highest BCUT2D eigenvalue weighted by molar-refractivity contribution is 5.94. The smallest absolute Gasteiger partial charge is 0.254 e. The zero-order valence-electron chi connectivity index (χ0n) is 15.4. The predicted molar refractivity (Wildman–Crippen MR) is 104 cm³/mol. The van der Waals surface area contributed by atoms with Gasteiger partial charge in [-0.15, -0.1) is 0 Å². The molecule has 2 heterocycles. The van der Waals surface area contributed by atoms with Crippen molar-refractivity contribution in [1.82, 2.24) is 14.8 Å². The molecule has 0 radical (unpaired) electrons. The average Bonchev–Trinajstić information content (AvgIpc) is 2.70. The third kappa shape index (κ3) is 3.69. The van der Waals surface area contributed by atoms with Crippen LogP contribution in [0.3, 0.4) is 0 Å². The number of hydrogen-bond acceptors (Lipinski definition) is 3. The van der Waals surface area contributed by atoms with Crippen LogP contribution in [0.5, 0.6) is 0 Å². The molecule has 0 saturated carbocycles. The first-order valence-corrected chi connectivity index (χ1v) is 9.22. The Balaban J connectivity index is 1.41. The van der Waals surface area contributed by atoms with E-state index in [2.05, 4.69) is 34.1 Å². The minimum Gasteiger partial charge on any atom is -0.336 e. The number of aromatic nitrogens is 1. The average molecular weight is 363 g/mol. The van der Waals surface area contributed by atoms with Crippen molar-refractivity contribution in [2.45, 2.75) is 13.5 Å². The van der Waals surface area contributed by atoms with E-state index in [0.717, 1.165) is 30.5 Å². The van der Waals surface area contributed by atoms with Gasteiger partial charge in [-0.25, -0.2) is 4.39 Å². The van der Waals surface area contributed by atoms with Crippen LogP contribution in [0.15, 0.2) is 54.7 Å². The number of piperazine rings is 1. The molecule has 27 heavy (non-hydrogen) atoms. The molecule has 4 nitrogen and oxygen atoms in total. The number of aryl methyl sites for hydroxylation is 1. The summed E-state index contributed by atoms with van der Waals surface area (Å²) in [5, 5.41) is 1.14. The lowest BCUT2D eigenvalue weighted by Gasteiger charge is -2.35. The summed E-state index contributed by atoms with van der Waals surface area (Å²) in [6, 6.07) is 15.0. The predicted octanol–water partition coefficient (Wildman–Crippen LogP) is 3.64. The fourth-order valence-electron chi connectivity index (χ4n) is 3.55. The fraction of sp³-hybridized carbons (Fsp3) is 0.273. The Bertz CT molecular complexity index is 975. The lowest BCUT2D eigenvalue weighted by atomic mass is 10.1. The molecule has 4 rings (SSSR count). The highest BCUT2D eigenvalue weighted by Crippen LogP contribution is 2.19. The van der Waals surface area contributed by atoms with Crippen LogP contribution >= 0.6 is 0 Å². The van der Waals surface area contributed by atoms with Gasteiger partial charge in [-0.2, -0.15) is 0 Å². The molecule has 1 fully saturated rings. The summed E-state index contributed by atoms with van der Waals surface area (Å²) in [7, 11) is 0. The van der Waals surface area contributed by atoms with E-state index < -0.39 is 0 Å². The van der Waals surface area contributed by atoms with E-state index in [0.29, 0.717) is 24.2 Å². The highest BCUT2D eigenvalue weighted by atomic mass is 19.1. The molecule has 1 aliphatic rings. The summed E-state index contributed by atoms with van der Waals surface area (Å²) in [6.07, 6.45) is 1.82. The Morgan fingerprint density at radius 2 is 1.85 bits per heavy atom. The molecule has 0 unspecified atom stereocenters. The number of rotatable bonds is 3. The topological polar surface area (TPSA) is 36.4 Å². The molecular weight excluding hydrogens is 341 g/mol. The van der Waals surface area contributed by atoms with Crippen molar-refractivity contribution in [1.29, 1.82) is 0 Å². The van der Waals surface area contributed by atoms with Crippen LogP contribution in [0.4, 0.5) is 4.39 Å². The molecule has 138 valence electrons. The van der Waals surface area contributed by atoms with Gasteiger partial charge < -0.3 is 4.90 Å². The van der Waals surface area contributed by atoms with Gasteiger partial charge in [0.15, 0.2) is 0 Å². The highest BCUT2D eigenvalue weighted by Gasteiger charge is 2.23. The second-order valence-electron chi connectivity index (χ2n) is 7.02. The second-order valence-corrected chi connectivity index (χ2v) is 7.02. The van der Waals surface area contributed by atoms with Gasteiger partial charge in [0.05, 0.1) is 5.52 Å². The van der Waals surface area contributed by atoms with Crippen molar-refractivity contribution < 1.29 is 9.18 Å². The van der Waals surface area contributed by atoms with E-state index in [1.54, 1.807) is 19.1 Å². The third-order valence-corrected chi connectivity index (χ3v) is 5.19. The Hall–Kier alpha value is -2.79. The standard InChI is InChI=1S/C22H22FN3O/c1-16-7-8-18(14-20(16)23)22(27)26-12-10-25(11-13-26)15-19-5-2-4-17-6-3-9-24-21(17)19/h2-9,14H,10-13,15H2,1H3. The number of pyridine rings is 1. The van der Waals surface area contributed by atoms with Crippen molar-refractivity contribution in [3.8, 4) is 0 Å². The zero-order chi connectivity index (χ0) is 18.8. The van der Waals surface area contributed by atoms with Gasteiger partial charge in [-0.1, -0.05) is 30.3 Å². The van der Waals surface area contributed by atoms with Gasteiger partial charge in [0, 0.05) is 49.9 Å². The minimum absolute atomic E-state index is 0.0969. The van der Waals surface area contributed by atoms with Crippen LogP contribution in [-0.4, -0.2) is 46.9 Å².